The molecule has 0 unspecified atom stereocenters. The van der Waals surface area contributed by atoms with Crippen molar-refractivity contribution in [3.63, 3.8) is 0 Å². The third-order valence-electron chi connectivity index (χ3n) is 3.53. The van der Waals surface area contributed by atoms with Gasteiger partial charge in [0.15, 0.2) is 0 Å². The molecule has 0 aromatic rings. The van der Waals surface area contributed by atoms with E-state index in [0.29, 0.717) is 19.3 Å². The quantitative estimate of drug-likeness (QED) is 0.284. The molecule has 3 atom stereocenters. The first-order chi connectivity index (χ1) is 12.0. The van der Waals surface area contributed by atoms with E-state index in [0.717, 1.165) is 19.3 Å². The summed E-state index contributed by atoms with van der Waals surface area (Å²) in [5.41, 5.74) is 0. The van der Waals surface area contributed by atoms with E-state index in [4.69, 9.17) is 5.11 Å². The summed E-state index contributed by atoms with van der Waals surface area (Å²) in [6.45, 7) is 1.78. The van der Waals surface area contributed by atoms with E-state index in [1.165, 1.54) is 12.2 Å². The van der Waals surface area contributed by atoms with Gasteiger partial charge in [-0.15, -0.1) is 0 Å². The summed E-state index contributed by atoms with van der Waals surface area (Å²) in [4.78, 5) is 10.3. The van der Waals surface area contributed by atoms with Crippen LogP contribution in [0, 0.1) is 0 Å². The van der Waals surface area contributed by atoms with Crippen LogP contribution in [0.5, 0.6) is 0 Å². The van der Waals surface area contributed by atoms with Crippen LogP contribution in [-0.4, -0.2) is 44.7 Å². The van der Waals surface area contributed by atoms with Crippen molar-refractivity contribution in [2.45, 2.75) is 70.2 Å². The molecule has 0 fully saturated rings. The SMILES string of the molecule is CC[C@@H](O)[C@H](O)/C=C/[C@@H](O)C/C=C\C/C=C\C/C=C\CCCC(=O)O. The minimum absolute atomic E-state index is 0.212. The predicted octanol–water partition coefficient (Wildman–Crippen LogP) is 3.13. The van der Waals surface area contributed by atoms with Gasteiger partial charge in [-0.3, -0.25) is 4.79 Å². The van der Waals surface area contributed by atoms with Crippen LogP contribution >= 0.6 is 0 Å². The Hall–Kier alpha value is -1.69. The lowest BCUT2D eigenvalue weighted by Crippen LogP contribution is -2.23. The second-order valence-corrected chi connectivity index (χ2v) is 5.83. The van der Waals surface area contributed by atoms with Gasteiger partial charge in [0.1, 0.15) is 0 Å². The fraction of sp³-hybridized carbons (Fsp3) is 0.550. The van der Waals surface area contributed by atoms with Crippen molar-refractivity contribution in [3.8, 4) is 0 Å². The molecule has 0 saturated carbocycles. The molecule has 25 heavy (non-hydrogen) atoms. The molecule has 0 aliphatic carbocycles. The average Bonchev–Trinajstić information content (AvgIpc) is 2.59. The summed E-state index contributed by atoms with van der Waals surface area (Å²) in [5.74, 6) is -0.754. The lowest BCUT2D eigenvalue weighted by atomic mass is 10.1. The Bertz CT molecular complexity index is 451. The molecule has 0 heterocycles. The van der Waals surface area contributed by atoms with Crippen LogP contribution in [0.4, 0.5) is 0 Å². The van der Waals surface area contributed by atoms with Crippen molar-refractivity contribution in [2.24, 2.45) is 0 Å². The van der Waals surface area contributed by atoms with Crippen LogP contribution in [0.1, 0.15) is 51.9 Å². The van der Waals surface area contributed by atoms with E-state index >= 15 is 0 Å². The van der Waals surface area contributed by atoms with E-state index in [-0.39, 0.29) is 6.42 Å². The van der Waals surface area contributed by atoms with Crippen LogP contribution in [0.15, 0.2) is 48.6 Å². The second-order valence-electron chi connectivity index (χ2n) is 5.83. The number of aliphatic hydroxyl groups is 3. The van der Waals surface area contributed by atoms with E-state index < -0.39 is 24.3 Å². The normalized spacial score (nSPS) is 16.3. The fourth-order valence-corrected chi connectivity index (χ4v) is 1.96. The Labute approximate surface area is 150 Å². The molecule has 0 rings (SSSR count). The highest BCUT2D eigenvalue weighted by Crippen LogP contribution is 2.03. The highest BCUT2D eigenvalue weighted by Gasteiger charge is 2.10. The van der Waals surface area contributed by atoms with Crippen LogP contribution < -0.4 is 0 Å². The number of carboxylic acids is 1. The minimum Gasteiger partial charge on any atom is -0.481 e. The third kappa shape index (κ3) is 15.6. The van der Waals surface area contributed by atoms with Crippen molar-refractivity contribution in [1.29, 1.82) is 0 Å². The fourth-order valence-electron chi connectivity index (χ4n) is 1.96. The zero-order valence-electron chi connectivity index (χ0n) is 15.0. The van der Waals surface area contributed by atoms with Crippen molar-refractivity contribution >= 4 is 5.97 Å². The molecule has 0 aliphatic heterocycles. The van der Waals surface area contributed by atoms with E-state index in [1.54, 1.807) is 6.92 Å². The molecule has 4 N–H and O–H groups in total. The van der Waals surface area contributed by atoms with Gasteiger partial charge in [-0.1, -0.05) is 55.5 Å². The van der Waals surface area contributed by atoms with Gasteiger partial charge in [-0.2, -0.15) is 0 Å². The minimum atomic E-state index is -0.941. The summed E-state index contributed by atoms with van der Waals surface area (Å²) in [6.07, 6.45) is 16.6. The van der Waals surface area contributed by atoms with Gasteiger partial charge in [-0.05, 0) is 38.5 Å². The first-order valence-corrected chi connectivity index (χ1v) is 8.86. The smallest absolute Gasteiger partial charge is 0.303 e. The van der Waals surface area contributed by atoms with Gasteiger partial charge in [0.2, 0.25) is 0 Å². The van der Waals surface area contributed by atoms with Crippen LogP contribution in [0.25, 0.3) is 0 Å². The lowest BCUT2D eigenvalue weighted by molar-refractivity contribution is -0.137. The van der Waals surface area contributed by atoms with Gasteiger partial charge in [0, 0.05) is 6.42 Å². The summed E-state index contributed by atoms with van der Waals surface area (Å²) in [6, 6.07) is 0. The Morgan fingerprint density at radius 1 is 0.920 bits per heavy atom. The maximum atomic E-state index is 10.3. The molecule has 0 bridgehead atoms. The van der Waals surface area contributed by atoms with Crippen LogP contribution in [0.3, 0.4) is 0 Å². The number of carboxylic acid groups (broad SMARTS) is 1. The first-order valence-electron chi connectivity index (χ1n) is 8.86. The van der Waals surface area contributed by atoms with Crippen molar-refractivity contribution in [2.75, 3.05) is 0 Å². The second kappa shape index (κ2) is 15.8. The van der Waals surface area contributed by atoms with Gasteiger partial charge in [-0.25, -0.2) is 0 Å². The molecule has 0 aliphatic rings. The summed E-state index contributed by atoms with van der Waals surface area (Å²) in [5, 5.41) is 37.2. The first kappa shape index (κ1) is 23.3. The average molecular weight is 352 g/mol. The lowest BCUT2D eigenvalue weighted by Gasteiger charge is -2.12. The number of rotatable bonds is 14. The molecular formula is C20H32O5. The predicted molar refractivity (Wildman–Crippen MR) is 100 cm³/mol. The monoisotopic (exact) mass is 352 g/mol. The molecule has 0 spiro atoms. The van der Waals surface area contributed by atoms with E-state index in [9.17, 15) is 20.1 Å². The molecule has 5 heteroatoms. The molecule has 0 aromatic heterocycles. The number of allylic oxidation sites excluding steroid dienone is 5. The van der Waals surface area contributed by atoms with Gasteiger partial charge >= 0.3 is 5.97 Å². The summed E-state index contributed by atoms with van der Waals surface area (Å²) < 4.78 is 0. The molecular weight excluding hydrogens is 320 g/mol. The molecule has 0 saturated heterocycles. The summed E-state index contributed by atoms with van der Waals surface area (Å²) in [7, 11) is 0. The van der Waals surface area contributed by atoms with Crippen LogP contribution in [-0.2, 0) is 4.79 Å². The molecule has 0 aromatic carbocycles. The maximum absolute atomic E-state index is 10.3. The number of aliphatic carboxylic acids is 1. The summed E-state index contributed by atoms with van der Waals surface area (Å²) >= 11 is 0. The van der Waals surface area contributed by atoms with Gasteiger partial charge < -0.3 is 20.4 Å². The molecule has 0 amide bonds. The van der Waals surface area contributed by atoms with Crippen molar-refractivity contribution in [1.82, 2.24) is 0 Å². The zero-order chi connectivity index (χ0) is 18.9. The Kier molecular flexibility index (Phi) is 14.7. The number of unbranched alkanes of at least 4 members (excludes halogenated alkanes) is 1. The highest BCUT2D eigenvalue weighted by atomic mass is 16.4. The van der Waals surface area contributed by atoms with E-state index in [1.807, 2.05) is 36.5 Å². The number of hydrogen-bond acceptors (Lipinski definition) is 4. The molecule has 5 nitrogen and oxygen atoms in total. The largest absolute Gasteiger partial charge is 0.481 e. The van der Waals surface area contributed by atoms with Gasteiger partial charge in [0.25, 0.3) is 0 Å². The number of hydrogen-bond donors (Lipinski definition) is 4. The Balaban J connectivity index is 3.75. The Morgan fingerprint density at radius 2 is 1.52 bits per heavy atom. The number of carbonyl (C=O) groups is 1. The Morgan fingerprint density at radius 3 is 2.12 bits per heavy atom. The van der Waals surface area contributed by atoms with E-state index in [2.05, 4.69) is 0 Å². The topological polar surface area (TPSA) is 98.0 Å². The molecule has 0 radical (unpaired) electrons. The maximum Gasteiger partial charge on any atom is 0.303 e. The van der Waals surface area contributed by atoms with Crippen molar-refractivity contribution < 1.29 is 25.2 Å². The zero-order valence-corrected chi connectivity index (χ0v) is 15.0. The third-order valence-corrected chi connectivity index (χ3v) is 3.53. The standard InChI is InChI=1S/C20H32O5/c1-2-18(22)19(23)16-15-17(21)13-11-9-7-5-3-4-6-8-10-12-14-20(24)25/h3,5-6,8-9,11,15-19,21-23H,2,4,7,10,12-14H2,1H3,(H,24,25)/b5-3-,8-6-,11-9-,16-15+/t17-,18+,19+/m0/s1. The van der Waals surface area contributed by atoms with Crippen LogP contribution in [0.2, 0.25) is 0 Å². The van der Waals surface area contributed by atoms with Crippen molar-refractivity contribution in [3.05, 3.63) is 48.6 Å². The molecule has 142 valence electrons. The van der Waals surface area contributed by atoms with Gasteiger partial charge in [0.05, 0.1) is 18.3 Å². The number of aliphatic hydroxyl groups excluding tert-OH is 3. The highest BCUT2D eigenvalue weighted by molar-refractivity contribution is 5.66.